The number of hydrogen-bond donors (Lipinski definition) is 1. The molecule has 0 unspecified atom stereocenters. The van der Waals surface area contributed by atoms with Crippen LogP contribution in [0.5, 0.6) is 0 Å². The van der Waals surface area contributed by atoms with Crippen LogP contribution in [0, 0.1) is 0 Å². The number of carbonyl (C=O) groups is 1. The van der Waals surface area contributed by atoms with Crippen LogP contribution in [0.25, 0.3) is 11.3 Å². The van der Waals surface area contributed by atoms with E-state index in [-0.39, 0.29) is 5.91 Å². The van der Waals surface area contributed by atoms with Crippen molar-refractivity contribution in [1.29, 1.82) is 0 Å². The summed E-state index contributed by atoms with van der Waals surface area (Å²) in [5, 5.41) is 5.40. The molecule has 25 heavy (non-hydrogen) atoms. The Morgan fingerprint density at radius 1 is 1.24 bits per heavy atom. The molecule has 0 bridgehead atoms. The number of thioether (sulfide) groups is 1. The lowest BCUT2D eigenvalue weighted by Gasteiger charge is -2.04. The topological polar surface area (TPSA) is 51.2 Å². The Morgan fingerprint density at radius 2 is 2.04 bits per heavy atom. The Balaban J connectivity index is 1.72. The first-order valence-electron chi connectivity index (χ1n) is 7.69. The number of benzene rings is 2. The summed E-state index contributed by atoms with van der Waals surface area (Å²) in [6.07, 6.45) is 2.05. The number of aromatic nitrogens is 1. The van der Waals surface area contributed by atoms with Gasteiger partial charge in [0.25, 0.3) is 5.91 Å². The van der Waals surface area contributed by atoms with Gasteiger partial charge in [0, 0.05) is 28.5 Å². The number of thiazole rings is 1. The number of ether oxygens (including phenoxy) is 1. The van der Waals surface area contributed by atoms with Gasteiger partial charge in [-0.15, -0.1) is 23.1 Å². The first-order valence-corrected chi connectivity index (χ1v) is 9.79. The van der Waals surface area contributed by atoms with Crippen LogP contribution in [0.15, 0.2) is 58.8 Å². The third-order valence-electron chi connectivity index (χ3n) is 3.61. The van der Waals surface area contributed by atoms with Gasteiger partial charge in [-0.3, -0.25) is 10.1 Å². The largest absolute Gasteiger partial charge is 0.380 e. The Bertz CT molecular complexity index is 860. The lowest BCUT2D eigenvalue weighted by Crippen LogP contribution is -2.12. The maximum atomic E-state index is 12.4. The molecule has 0 saturated heterocycles. The Labute approximate surface area is 155 Å². The van der Waals surface area contributed by atoms with Gasteiger partial charge in [-0.05, 0) is 36.1 Å². The van der Waals surface area contributed by atoms with E-state index in [4.69, 9.17) is 4.74 Å². The van der Waals surface area contributed by atoms with Crippen LogP contribution in [0.1, 0.15) is 15.9 Å². The zero-order valence-corrected chi connectivity index (χ0v) is 15.6. The number of hydrogen-bond acceptors (Lipinski definition) is 5. The average molecular weight is 370 g/mol. The number of methoxy groups -OCH3 is 1. The van der Waals surface area contributed by atoms with Crippen LogP contribution in [0.4, 0.5) is 5.13 Å². The lowest BCUT2D eigenvalue weighted by molar-refractivity contribution is 0.102. The van der Waals surface area contributed by atoms with Crippen molar-refractivity contribution in [3.05, 3.63) is 65.0 Å². The minimum Gasteiger partial charge on any atom is -0.380 e. The van der Waals surface area contributed by atoms with E-state index in [1.165, 1.54) is 16.2 Å². The van der Waals surface area contributed by atoms with Crippen LogP contribution in [0.2, 0.25) is 0 Å². The summed E-state index contributed by atoms with van der Waals surface area (Å²) in [6, 6.07) is 15.6. The van der Waals surface area contributed by atoms with Gasteiger partial charge in [0.1, 0.15) is 0 Å². The Morgan fingerprint density at radius 3 is 2.76 bits per heavy atom. The van der Waals surface area contributed by atoms with Gasteiger partial charge in [0.15, 0.2) is 5.13 Å². The number of nitrogens with zero attached hydrogens (tertiary/aromatic N) is 1. The molecule has 3 aromatic rings. The van der Waals surface area contributed by atoms with E-state index >= 15 is 0 Å². The number of nitrogens with one attached hydrogen (secondary N) is 1. The predicted octanol–water partition coefficient (Wildman–Crippen LogP) is 4.93. The molecular formula is C19H18N2O2S2. The summed E-state index contributed by atoms with van der Waals surface area (Å²) >= 11 is 3.12. The second kappa shape index (κ2) is 8.29. The highest BCUT2D eigenvalue weighted by Gasteiger charge is 2.10. The Kier molecular flexibility index (Phi) is 5.86. The van der Waals surface area contributed by atoms with Crippen molar-refractivity contribution < 1.29 is 9.53 Å². The summed E-state index contributed by atoms with van der Waals surface area (Å²) < 4.78 is 5.11. The van der Waals surface area contributed by atoms with Crippen LogP contribution in [-0.4, -0.2) is 24.3 Å². The quantitative estimate of drug-likeness (QED) is 0.625. The fourth-order valence-electron chi connectivity index (χ4n) is 2.36. The van der Waals surface area contributed by atoms with E-state index < -0.39 is 0 Å². The summed E-state index contributed by atoms with van der Waals surface area (Å²) in [6.45, 7) is 0.481. The molecule has 0 atom stereocenters. The maximum absolute atomic E-state index is 12.4. The van der Waals surface area contributed by atoms with Gasteiger partial charge in [-0.2, -0.15) is 0 Å². The zero-order chi connectivity index (χ0) is 17.6. The van der Waals surface area contributed by atoms with Crippen molar-refractivity contribution in [3.63, 3.8) is 0 Å². The van der Waals surface area contributed by atoms with E-state index in [0.29, 0.717) is 17.3 Å². The number of amides is 1. The smallest absolute Gasteiger partial charge is 0.257 e. The number of carbonyl (C=O) groups excluding carboxylic acids is 1. The lowest BCUT2D eigenvalue weighted by atomic mass is 10.1. The molecule has 0 aliphatic rings. The molecule has 1 N–H and O–H groups in total. The van der Waals surface area contributed by atoms with Gasteiger partial charge in [0.2, 0.25) is 0 Å². The van der Waals surface area contributed by atoms with E-state index in [1.54, 1.807) is 24.9 Å². The SMILES string of the molecule is COCc1cccc(C(=O)Nc2nc(-c3ccc(SC)cc3)cs2)c1. The first kappa shape index (κ1) is 17.7. The van der Waals surface area contributed by atoms with Crippen LogP contribution >= 0.6 is 23.1 Å². The van der Waals surface area contributed by atoms with E-state index in [1.807, 2.05) is 42.0 Å². The molecule has 1 heterocycles. The molecule has 0 radical (unpaired) electrons. The van der Waals surface area contributed by atoms with Gasteiger partial charge < -0.3 is 4.74 Å². The molecule has 0 fully saturated rings. The fraction of sp³-hybridized carbons (Fsp3) is 0.158. The zero-order valence-electron chi connectivity index (χ0n) is 14.0. The third-order valence-corrected chi connectivity index (χ3v) is 5.11. The van der Waals surface area contributed by atoms with Crippen LogP contribution in [-0.2, 0) is 11.3 Å². The molecule has 0 saturated carbocycles. The summed E-state index contributed by atoms with van der Waals surface area (Å²) in [4.78, 5) is 18.1. The van der Waals surface area contributed by atoms with Crippen molar-refractivity contribution in [2.24, 2.45) is 0 Å². The molecule has 1 amide bonds. The summed E-state index contributed by atoms with van der Waals surface area (Å²) in [7, 11) is 1.63. The van der Waals surface area contributed by atoms with Gasteiger partial charge >= 0.3 is 0 Å². The molecule has 0 spiro atoms. The number of anilines is 1. The molecular weight excluding hydrogens is 352 g/mol. The van der Waals surface area contributed by atoms with Crippen LogP contribution in [0.3, 0.4) is 0 Å². The summed E-state index contributed by atoms with van der Waals surface area (Å²) in [5.74, 6) is -0.170. The fourth-order valence-corrected chi connectivity index (χ4v) is 3.49. The van der Waals surface area contributed by atoms with Crippen LogP contribution < -0.4 is 5.32 Å². The average Bonchev–Trinajstić information content (AvgIpc) is 3.11. The van der Waals surface area contributed by atoms with Crippen molar-refractivity contribution in [3.8, 4) is 11.3 Å². The molecule has 128 valence electrons. The molecule has 3 rings (SSSR count). The highest BCUT2D eigenvalue weighted by Crippen LogP contribution is 2.27. The normalized spacial score (nSPS) is 10.6. The van der Waals surface area contributed by atoms with Gasteiger partial charge in [-0.25, -0.2) is 4.98 Å². The van der Waals surface area contributed by atoms with Crippen molar-refractivity contribution in [2.45, 2.75) is 11.5 Å². The monoisotopic (exact) mass is 370 g/mol. The minimum atomic E-state index is -0.170. The van der Waals surface area contributed by atoms with E-state index in [0.717, 1.165) is 16.8 Å². The molecule has 0 aliphatic carbocycles. The second-order valence-corrected chi connectivity index (χ2v) is 7.09. The standard InChI is InChI=1S/C19H18N2O2S2/c1-23-11-13-4-3-5-15(10-13)18(22)21-19-20-17(12-25-19)14-6-8-16(24-2)9-7-14/h3-10,12H,11H2,1-2H3,(H,20,21,22). The van der Waals surface area contributed by atoms with Crippen molar-refractivity contribution in [2.75, 3.05) is 18.7 Å². The van der Waals surface area contributed by atoms with E-state index in [2.05, 4.69) is 22.4 Å². The van der Waals surface area contributed by atoms with Gasteiger partial charge in [-0.1, -0.05) is 24.3 Å². The minimum absolute atomic E-state index is 0.170. The predicted molar refractivity (Wildman–Crippen MR) is 104 cm³/mol. The molecule has 1 aromatic heterocycles. The molecule has 2 aromatic carbocycles. The molecule has 4 nitrogen and oxygen atoms in total. The summed E-state index contributed by atoms with van der Waals surface area (Å²) in [5.41, 5.74) is 3.46. The maximum Gasteiger partial charge on any atom is 0.257 e. The highest BCUT2D eigenvalue weighted by molar-refractivity contribution is 7.98. The van der Waals surface area contributed by atoms with Crippen molar-refractivity contribution in [1.82, 2.24) is 4.98 Å². The highest BCUT2D eigenvalue weighted by atomic mass is 32.2. The van der Waals surface area contributed by atoms with Crippen molar-refractivity contribution >= 4 is 34.1 Å². The molecule has 6 heteroatoms. The first-order chi connectivity index (χ1) is 12.2. The van der Waals surface area contributed by atoms with E-state index in [9.17, 15) is 4.79 Å². The molecule has 0 aliphatic heterocycles. The third kappa shape index (κ3) is 4.48. The Hall–Kier alpha value is -2.15. The second-order valence-electron chi connectivity index (χ2n) is 5.35. The number of rotatable bonds is 6. The van der Waals surface area contributed by atoms with Gasteiger partial charge in [0.05, 0.1) is 12.3 Å².